The van der Waals surface area contributed by atoms with Gasteiger partial charge >= 0.3 is 0 Å². The third kappa shape index (κ3) is 3.66. The van der Waals surface area contributed by atoms with Crippen molar-refractivity contribution in [1.82, 2.24) is 4.57 Å². The van der Waals surface area contributed by atoms with Gasteiger partial charge in [-0.2, -0.15) is 0 Å². The minimum absolute atomic E-state index is 0.130. The fourth-order valence-corrected chi connectivity index (χ4v) is 2.67. The highest BCUT2D eigenvalue weighted by molar-refractivity contribution is 5.81. The molecule has 0 saturated carbocycles. The predicted molar refractivity (Wildman–Crippen MR) is 91.2 cm³/mol. The second kappa shape index (κ2) is 7.20. The molecule has 0 fully saturated rings. The van der Waals surface area contributed by atoms with Gasteiger partial charge in [-0.25, -0.2) is 0 Å². The molecule has 120 valence electrons. The van der Waals surface area contributed by atoms with E-state index in [-0.39, 0.29) is 6.61 Å². The van der Waals surface area contributed by atoms with E-state index in [0.29, 0.717) is 13.2 Å². The number of rotatable bonds is 7. The number of aromatic nitrogens is 1. The molecule has 0 aliphatic rings. The topological polar surface area (TPSA) is 43.6 Å². The standard InChI is InChI=1S/C19H21NO3/c1-22-17-4-2-3-15(13-17)8-12-23-18-6-5-16-7-9-20(10-11-21)19(16)14-18/h2-7,9,13-14,21H,8,10-12H2,1H3. The summed E-state index contributed by atoms with van der Waals surface area (Å²) in [6.07, 6.45) is 2.81. The first-order valence-corrected chi connectivity index (χ1v) is 7.75. The molecular weight excluding hydrogens is 290 g/mol. The van der Waals surface area contributed by atoms with Crippen molar-refractivity contribution in [3.8, 4) is 11.5 Å². The van der Waals surface area contributed by atoms with Crippen LogP contribution in [0.1, 0.15) is 5.56 Å². The van der Waals surface area contributed by atoms with E-state index in [9.17, 15) is 0 Å². The summed E-state index contributed by atoms with van der Waals surface area (Å²) in [6.45, 7) is 1.33. The summed E-state index contributed by atoms with van der Waals surface area (Å²) >= 11 is 0. The van der Waals surface area contributed by atoms with Gasteiger partial charge in [0.25, 0.3) is 0 Å². The van der Waals surface area contributed by atoms with Gasteiger partial charge in [0.1, 0.15) is 11.5 Å². The van der Waals surface area contributed by atoms with Gasteiger partial charge in [-0.05, 0) is 41.3 Å². The molecule has 4 heteroatoms. The molecule has 3 aromatic rings. The van der Waals surface area contributed by atoms with Crippen LogP contribution in [0.25, 0.3) is 10.9 Å². The fourth-order valence-electron chi connectivity index (χ4n) is 2.67. The van der Waals surface area contributed by atoms with Crippen molar-refractivity contribution >= 4 is 10.9 Å². The van der Waals surface area contributed by atoms with E-state index < -0.39 is 0 Å². The maximum atomic E-state index is 9.11. The summed E-state index contributed by atoms with van der Waals surface area (Å²) in [7, 11) is 1.67. The van der Waals surface area contributed by atoms with E-state index in [1.54, 1.807) is 7.11 Å². The van der Waals surface area contributed by atoms with Crippen LogP contribution in [0.3, 0.4) is 0 Å². The average Bonchev–Trinajstić information content (AvgIpc) is 2.98. The molecule has 1 aromatic heterocycles. The van der Waals surface area contributed by atoms with Crippen LogP contribution in [-0.4, -0.2) is 30.0 Å². The van der Waals surface area contributed by atoms with Crippen molar-refractivity contribution in [2.24, 2.45) is 0 Å². The Morgan fingerprint density at radius 3 is 2.78 bits per heavy atom. The third-order valence-electron chi connectivity index (χ3n) is 3.88. The molecule has 0 radical (unpaired) electrons. The largest absolute Gasteiger partial charge is 0.497 e. The van der Waals surface area contributed by atoms with E-state index in [2.05, 4.69) is 6.07 Å². The van der Waals surface area contributed by atoms with Gasteiger partial charge in [-0.3, -0.25) is 0 Å². The smallest absolute Gasteiger partial charge is 0.121 e. The van der Waals surface area contributed by atoms with E-state index >= 15 is 0 Å². The highest BCUT2D eigenvalue weighted by Crippen LogP contribution is 2.22. The summed E-state index contributed by atoms with van der Waals surface area (Å²) < 4.78 is 13.1. The van der Waals surface area contributed by atoms with Crippen LogP contribution in [0.15, 0.2) is 54.7 Å². The lowest BCUT2D eigenvalue weighted by atomic mass is 10.1. The first-order chi connectivity index (χ1) is 11.3. The highest BCUT2D eigenvalue weighted by Gasteiger charge is 2.03. The van der Waals surface area contributed by atoms with Crippen LogP contribution in [0.4, 0.5) is 0 Å². The molecule has 4 nitrogen and oxygen atoms in total. The summed E-state index contributed by atoms with van der Waals surface area (Å²) in [6, 6.07) is 16.1. The van der Waals surface area contributed by atoms with Gasteiger partial charge in [0.15, 0.2) is 0 Å². The zero-order valence-electron chi connectivity index (χ0n) is 13.2. The zero-order chi connectivity index (χ0) is 16.1. The number of ether oxygens (including phenoxy) is 2. The molecule has 0 unspecified atom stereocenters. The van der Waals surface area contributed by atoms with Crippen molar-refractivity contribution in [2.75, 3.05) is 20.3 Å². The number of nitrogens with zero attached hydrogens (tertiary/aromatic N) is 1. The normalized spacial score (nSPS) is 10.9. The average molecular weight is 311 g/mol. The lowest BCUT2D eigenvalue weighted by molar-refractivity contribution is 0.278. The maximum Gasteiger partial charge on any atom is 0.121 e. The van der Waals surface area contributed by atoms with Gasteiger partial charge in [0.05, 0.1) is 25.8 Å². The lowest BCUT2D eigenvalue weighted by Gasteiger charge is -2.09. The van der Waals surface area contributed by atoms with Crippen LogP contribution < -0.4 is 9.47 Å². The van der Waals surface area contributed by atoms with Gasteiger partial charge in [-0.1, -0.05) is 12.1 Å². The Bertz CT molecular complexity index is 779. The molecule has 0 spiro atoms. The van der Waals surface area contributed by atoms with Gasteiger partial charge < -0.3 is 19.1 Å². The molecular formula is C19H21NO3. The van der Waals surface area contributed by atoms with Crippen LogP contribution in [0, 0.1) is 0 Å². The number of fused-ring (bicyclic) bond motifs is 1. The molecule has 0 atom stereocenters. The second-order valence-corrected chi connectivity index (χ2v) is 5.40. The first-order valence-electron chi connectivity index (χ1n) is 7.75. The number of benzene rings is 2. The number of methoxy groups -OCH3 is 1. The SMILES string of the molecule is COc1cccc(CCOc2ccc3ccn(CCO)c3c2)c1. The van der Waals surface area contributed by atoms with Crippen molar-refractivity contribution < 1.29 is 14.6 Å². The van der Waals surface area contributed by atoms with Gasteiger partial charge in [0, 0.05) is 25.2 Å². The van der Waals surface area contributed by atoms with E-state index in [1.165, 1.54) is 5.56 Å². The Hall–Kier alpha value is -2.46. The van der Waals surface area contributed by atoms with E-state index in [4.69, 9.17) is 14.6 Å². The van der Waals surface area contributed by atoms with Crippen molar-refractivity contribution in [2.45, 2.75) is 13.0 Å². The minimum atomic E-state index is 0.130. The summed E-state index contributed by atoms with van der Waals surface area (Å²) in [4.78, 5) is 0. The Labute approximate surface area is 135 Å². The van der Waals surface area contributed by atoms with E-state index in [0.717, 1.165) is 28.8 Å². The molecule has 0 aliphatic heterocycles. The zero-order valence-corrected chi connectivity index (χ0v) is 13.2. The van der Waals surface area contributed by atoms with Gasteiger partial charge in [0.2, 0.25) is 0 Å². The Morgan fingerprint density at radius 1 is 1.04 bits per heavy atom. The molecule has 0 bridgehead atoms. The van der Waals surface area contributed by atoms with Crippen LogP contribution >= 0.6 is 0 Å². The Morgan fingerprint density at radius 2 is 1.96 bits per heavy atom. The number of aliphatic hydroxyl groups excluding tert-OH is 1. The van der Waals surface area contributed by atoms with Crippen molar-refractivity contribution in [3.05, 3.63) is 60.3 Å². The summed E-state index contributed by atoms with van der Waals surface area (Å²) in [5.74, 6) is 1.71. The van der Waals surface area contributed by atoms with Crippen molar-refractivity contribution in [3.63, 3.8) is 0 Å². The monoisotopic (exact) mass is 311 g/mol. The quantitative estimate of drug-likeness (QED) is 0.728. The fraction of sp³-hybridized carbons (Fsp3) is 0.263. The lowest BCUT2D eigenvalue weighted by Crippen LogP contribution is -2.03. The third-order valence-corrected chi connectivity index (χ3v) is 3.88. The molecule has 0 amide bonds. The number of hydrogen-bond acceptors (Lipinski definition) is 3. The highest BCUT2D eigenvalue weighted by atomic mass is 16.5. The Balaban J connectivity index is 1.65. The van der Waals surface area contributed by atoms with Crippen LogP contribution in [0.2, 0.25) is 0 Å². The molecule has 2 aromatic carbocycles. The van der Waals surface area contributed by atoms with E-state index in [1.807, 2.05) is 53.2 Å². The van der Waals surface area contributed by atoms with Crippen molar-refractivity contribution in [1.29, 1.82) is 0 Å². The Kier molecular flexibility index (Phi) is 4.83. The maximum absolute atomic E-state index is 9.11. The molecule has 0 aliphatic carbocycles. The first kappa shape index (κ1) is 15.4. The molecule has 1 heterocycles. The molecule has 0 saturated heterocycles. The predicted octanol–water partition coefficient (Wildman–Crippen LogP) is 3.26. The number of aliphatic hydroxyl groups is 1. The molecule has 1 N–H and O–H groups in total. The van der Waals surface area contributed by atoms with Crippen LogP contribution in [0.5, 0.6) is 11.5 Å². The molecule has 3 rings (SSSR count). The van der Waals surface area contributed by atoms with Crippen LogP contribution in [-0.2, 0) is 13.0 Å². The second-order valence-electron chi connectivity index (χ2n) is 5.40. The molecule has 23 heavy (non-hydrogen) atoms. The summed E-state index contributed by atoms with van der Waals surface area (Å²) in [5.41, 5.74) is 2.27. The summed E-state index contributed by atoms with van der Waals surface area (Å²) in [5, 5.41) is 10.3. The number of hydrogen-bond donors (Lipinski definition) is 1. The minimum Gasteiger partial charge on any atom is -0.497 e. The van der Waals surface area contributed by atoms with Gasteiger partial charge in [-0.15, -0.1) is 0 Å².